The molecule has 0 bridgehead atoms. The molecule has 13 heavy (non-hydrogen) atoms. The van der Waals surface area contributed by atoms with Crippen molar-refractivity contribution >= 4 is 24.8 Å². The Bertz CT molecular complexity index is 241. The average Bonchev–Trinajstić information content (AvgIpc) is 2.04. The fraction of sp³-hybridized carbons (Fsp3) is 0.333. The fourth-order valence-electron chi connectivity index (χ4n) is 1.13. The normalized spacial score (nSPS) is 11.0. The lowest BCUT2D eigenvalue weighted by molar-refractivity contribution is 0.732. The van der Waals surface area contributed by atoms with Crippen LogP contribution in [0.5, 0.6) is 0 Å². The van der Waals surface area contributed by atoms with Crippen molar-refractivity contribution in [2.24, 2.45) is 11.5 Å². The van der Waals surface area contributed by atoms with E-state index in [-0.39, 0.29) is 30.9 Å². The third-order valence-corrected chi connectivity index (χ3v) is 1.84. The third-order valence-electron chi connectivity index (χ3n) is 1.84. The molecule has 4 N–H and O–H groups in total. The Balaban J connectivity index is 0. The maximum absolute atomic E-state index is 5.77. The summed E-state index contributed by atoms with van der Waals surface area (Å²) in [5.74, 6) is 0. The van der Waals surface area contributed by atoms with Gasteiger partial charge in [0.1, 0.15) is 0 Å². The maximum Gasteiger partial charge on any atom is 0.0422 e. The van der Waals surface area contributed by atoms with Crippen LogP contribution in [-0.4, -0.2) is 6.54 Å². The van der Waals surface area contributed by atoms with Crippen LogP contribution < -0.4 is 11.5 Å². The van der Waals surface area contributed by atoms with Crippen LogP contribution in [0, 0.1) is 6.92 Å². The molecule has 0 spiro atoms. The lowest BCUT2D eigenvalue weighted by atomic mass is 10.0. The number of hydrogen-bond acceptors (Lipinski definition) is 2. The number of hydrogen-bond donors (Lipinski definition) is 2. The maximum atomic E-state index is 5.77. The quantitative estimate of drug-likeness (QED) is 0.803. The van der Waals surface area contributed by atoms with Gasteiger partial charge in [0, 0.05) is 12.6 Å². The largest absolute Gasteiger partial charge is 0.329 e. The van der Waals surface area contributed by atoms with Crippen molar-refractivity contribution in [3.8, 4) is 0 Å². The second-order valence-electron chi connectivity index (χ2n) is 2.70. The summed E-state index contributed by atoms with van der Waals surface area (Å²) < 4.78 is 0. The molecule has 1 atom stereocenters. The van der Waals surface area contributed by atoms with Gasteiger partial charge in [-0.2, -0.15) is 0 Å². The van der Waals surface area contributed by atoms with Crippen LogP contribution in [0.3, 0.4) is 0 Å². The highest BCUT2D eigenvalue weighted by atomic mass is 35.5. The molecule has 1 rings (SSSR count). The van der Waals surface area contributed by atoms with E-state index in [4.69, 9.17) is 11.5 Å². The van der Waals surface area contributed by atoms with E-state index in [0.717, 1.165) is 5.56 Å². The molecule has 0 fully saturated rings. The van der Waals surface area contributed by atoms with Gasteiger partial charge in [0.25, 0.3) is 0 Å². The van der Waals surface area contributed by atoms with Gasteiger partial charge in [-0.15, -0.1) is 24.8 Å². The van der Waals surface area contributed by atoms with Crippen molar-refractivity contribution < 1.29 is 0 Å². The van der Waals surface area contributed by atoms with Crippen molar-refractivity contribution in [2.45, 2.75) is 13.0 Å². The van der Waals surface area contributed by atoms with Crippen LogP contribution >= 0.6 is 24.8 Å². The summed E-state index contributed by atoms with van der Waals surface area (Å²) in [5, 5.41) is 0. The van der Waals surface area contributed by atoms with Crippen LogP contribution in [0.2, 0.25) is 0 Å². The summed E-state index contributed by atoms with van der Waals surface area (Å²) in [4.78, 5) is 0. The molecule has 2 nitrogen and oxygen atoms in total. The van der Waals surface area contributed by atoms with Gasteiger partial charge in [0.15, 0.2) is 0 Å². The molecule has 1 aromatic rings. The number of aryl methyl sites for hydroxylation is 1. The van der Waals surface area contributed by atoms with E-state index in [0.29, 0.717) is 6.54 Å². The fourth-order valence-corrected chi connectivity index (χ4v) is 1.13. The number of halogens is 2. The van der Waals surface area contributed by atoms with E-state index < -0.39 is 0 Å². The van der Waals surface area contributed by atoms with E-state index in [1.807, 2.05) is 31.2 Å². The van der Waals surface area contributed by atoms with Gasteiger partial charge in [0.05, 0.1) is 0 Å². The molecule has 0 aliphatic heterocycles. The highest BCUT2D eigenvalue weighted by Crippen LogP contribution is 2.13. The molecule has 76 valence electrons. The minimum absolute atomic E-state index is 0. The summed E-state index contributed by atoms with van der Waals surface area (Å²) in [6.07, 6.45) is 0. The highest BCUT2D eigenvalue weighted by molar-refractivity contribution is 5.85. The van der Waals surface area contributed by atoms with Crippen molar-refractivity contribution in [3.63, 3.8) is 0 Å². The Morgan fingerprint density at radius 3 is 2.23 bits per heavy atom. The Hall–Kier alpha value is -0.280. The lowest BCUT2D eigenvalue weighted by Gasteiger charge is -2.11. The molecule has 0 aromatic heterocycles. The average molecular weight is 223 g/mol. The van der Waals surface area contributed by atoms with Crippen LogP contribution in [0.4, 0.5) is 0 Å². The van der Waals surface area contributed by atoms with Gasteiger partial charge in [-0.25, -0.2) is 0 Å². The standard InChI is InChI=1S/C9H14N2.2ClH/c1-7-4-2-3-5-8(7)9(11)6-10;;/h2-5,9H,6,10-11H2,1H3;2*1H/t9-;;/m0../s1. The van der Waals surface area contributed by atoms with E-state index in [1.165, 1.54) is 5.56 Å². The number of rotatable bonds is 2. The van der Waals surface area contributed by atoms with Crippen LogP contribution in [0.1, 0.15) is 17.2 Å². The van der Waals surface area contributed by atoms with E-state index in [2.05, 4.69) is 0 Å². The second-order valence-corrected chi connectivity index (χ2v) is 2.70. The van der Waals surface area contributed by atoms with Gasteiger partial charge in [-0.3, -0.25) is 0 Å². The van der Waals surface area contributed by atoms with Gasteiger partial charge in [-0.1, -0.05) is 24.3 Å². The summed E-state index contributed by atoms with van der Waals surface area (Å²) >= 11 is 0. The SMILES string of the molecule is Cc1ccccc1[C@@H](N)CN.Cl.Cl. The zero-order valence-corrected chi connectivity index (χ0v) is 9.20. The molecule has 0 radical (unpaired) electrons. The van der Waals surface area contributed by atoms with E-state index in [1.54, 1.807) is 0 Å². The monoisotopic (exact) mass is 222 g/mol. The second kappa shape index (κ2) is 7.15. The van der Waals surface area contributed by atoms with Gasteiger partial charge >= 0.3 is 0 Å². The summed E-state index contributed by atoms with van der Waals surface area (Å²) in [6, 6.07) is 8.04. The van der Waals surface area contributed by atoms with Crippen molar-refractivity contribution in [2.75, 3.05) is 6.54 Å². The van der Waals surface area contributed by atoms with Crippen LogP contribution in [-0.2, 0) is 0 Å². The smallest absolute Gasteiger partial charge is 0.0422 e. The molecule has 0 saturated heterocycles. The highest BCUT2D eigenvalue weighted by Gasteiger charge is 2.04. The van der Waals surface area contributed by atoms with Gasteiger partial charge in [0.2, 0.25) is 0 Å². The first-order valence-electron chi connectivity index (χ1n) is 3.77. The van der Waals surface area contributed by atoms with Gasteiger partial charge < -0.3 is 11.5 Å². The number of nitrogens with two attached hydrogens (primary N) is 2. The Kier molecular flexibility index (Phi) is 8.37. The molecule has 0 unspecified atom stereocenters. The molecule has 4 heteroatoms. The summed E-state index contributed by atoms with van der Waals surface area (Å²) in [6.45, 7) is 2.55. The molecule has 0 aliphatic rings. The third kappa shape index (κ3) is 3.96. The first-order valence-corrected chi connectivity index (χ1v) is 3.77. The first-order chi connectivity index (χ1) is 5.25. The summed E-state index contributed by atoms with van der Waals surface area (Å²) in [5.41, 5.74) is 13.6. The predicted octanol–water partition coefficient (Wildman–Crippen LogP) is 1.80. The Morgan fingerprint density at radius 1 is 1.23 bits per heavy atom. The molecule has 0 heterocycles. The number of benzene rings is 1. The zero-order chi connectivity index (χ0) is 8.27. The Morgan fingerprint density at radius 2 is 1.77 bits per heavy atom. The van der Waals surface area contributed by atoms with E-state index >= 15 is 0 Å². The molecule has 1 aromatic carbocycles. The molecule has 0 amide bonds. The van der Waals surface area contributed by atoms with Crippen molar-refractivity contribution in [1.29, 1.82) is 0 Å². The summed E-state index contributed by atoms with van der Waals surface area (Å²) in [7, 11) is 0. The first kappa shape index (κ1) is 15.2. The molecular formula is C9H16Cl2N2. The van der Waals surface area contributed by atoms with Crippen molar-refractivity contribution in [3.05, 3.63) is 35.4 Å². The molecule has 0 aliphatic carbocycles. The minimum Gasteiger partial charge on any atom is -0.329 e. The van der Waals surface area contributed by atoms with Crippen molar-refractivity contribution in [1.82, 2.24) is 0 Å². The molecular weight excluding hydrogens is 207 g/mol. The Labute approximate surface area is 91.5 Å². The van der Waals surface area contributed by atoms with Crippen LogP contribution in [0.15, 0.2) is 24.3 Å². The van der Waals surface area contributed by atoms with Gasteiger partial charge in [-0.05, 0) is 18.1 Å². The zero-order valence-electron chi connectivity index (χ0n) is 7.57. The van der Waals surface area contributed by atoms with Crippen LogP contribution in [0.25, 0.3) is 0 Å². The van der Waals surface area contributed by atoms with E-state index in [9.17, 15) is 0 Å². The minimum atomic E-state index is -0.0174. The lowest BCUT2D eigenvalue weighted by Crippen LogP contribution is -2.21. The predicted molar refractivity (Wildman–Crippen MR) is 61.7 cm³/mol. The molecule has 0 saturated carbocycles. The topological polar surface area (TPSA) is 52.0 Å².